The zero-order chi connectivity index (χ0) is 20.8. The number of carbonyl (C=O) groups excluding carboxylic acids is 2. The summed E-state index contributed by atoms with van der Waals surface area (Å²) in [6.45, 7) is 7.30. The molecule has 2 atom stereocenters. The number of hydrogen-bond donors (Lipinski definition) is 1. The first-order valence-electron chi connectivity index (χ1n) is 11.6. The lowest BCUT2D eigenvalue weighted by molar-refractivity contribution is -0.125. The van der Waals surface area contributed by atoms with E-state index in [0.717, 1.165) is 51.6 Å². The van der Waals surface area contributed by atoms with Gasteiger partial charge in [0.2, 0.25) is 5.91 Å². The fraction of sp³-hybridized carbons (Fsp3) is 0.913. The van der Waals surface area contributed by atoms with Gasteiger partial charge in [-0.25, -0.2) is 4.79 Å². The molecule has 3 saturated heterocycles. The highest BCUT2D eigenvalue weighted by Gasteiger charge is 2.47. The second kappa shape index (κ2) is 7.75. The fourth-order valence-corrected chi connectivity index (χ4v) is 6.29. The molecule has 1 spiro atoms. The zero-order valence-electron chi connectivity index (χ0n) is 18.7. The van der Waals surface area contributed by atoms with E-state index in [0.29, 0.717) is 35.9 Å². The summed E-state index contributed by atoms with van der Waals surface area (Å²) in [5, 5.41) is 3.34. The molecule has 2 bridgehead atoms. The zero-order valence-corrected chi connectivity index (χ0v) is 18.7. The third-order valence-corrected chi connectivity index (χ3v) is 7.86. The molecule has 0 aromatic carbocycles. The van der Waals surface area contributed by atoms with Gasteiger partial charge in [0.15, 0.2) is 0 Å². The molecule has 1 saturated carbocycles. The normalized spacial score (nSPS) is 32.1. The number of hydrogen-bond acceptors (Lipinski definition) is 4. The van der Waals surface area contributed by atoms with E-state index in [9.17, 15) is 9.59 Å². The Labute approximate surface area is 175 Å². The molecule has 1 aliphatic carbocycles. The number of likely N-dealkylation sites (tertiary alicyclic amines) is 1. The van der Waals surface area contributed by atoms with Crippen LogP contribution in [0.1, 0.15) is 78.6 Å². The number of nitrogens with zero attached hydrogens (tertiary/aromatic N) is 2. The predicted octanol–water partition coefficient (Wildman–Crippen LogP) is 3.55. The molecule has 1 N–H and O–H groups in total. The summed E-state index contributed by atoms with van der Waals surface area (Å²) in [6, 6.07) is 1.71. The molecule has 4 fully saturated rings. The van der Waals surface area contributed by atoms with Crippen LogP contribution < -0.4 is 5.32 Å². The molecule has 164 valence electrons. The van der Waals surface area contributed by atoms with E-state index in [2.05, 4.69) is 17.3 Å². The summed E-state index contributed by atoms with van der Waals surface area (Å²) < 4.78 is 5.50. The highest BCUT2D eigenvalue weighted by Crippen LogP contribution is 2.53. The van der Waals surface area contributed by atoms with Gasteiger partial charge in [-0.2, -0.15) is 0 Å². The Morgan fingerprint density at radius 1 is 1.07 bits per heavy atom. The van der Waals surface area contributed by atoms with Crippen LogP contribution in [0.2, 0.25) is 0 Å². The van der Waals surface area contributed by atoms with Crippen molar-refractivity contribution >= 4 is 12.0 Å². The molecule has 3 heterocycles. The van der Waals surface area contributed by atoms with E-state index in [1.165, 1.54) is 12.8 Å². The maximum Gasteiger partial charge on any atom is 0.410 e. The molecular weight excluding hydrogens is 366 g/mol. The first-order valence-corrected chi connectivity index (χ1v) is 11.6. The average molecular weight is 406 g/mol. The van der Waals surface area contributed by atoms with Crippen molar-refractivity contribution in [3.8, 4) is 0 Å². The van der Waals surface area contributed by atoms with Crippen LogP contribution in [0.3, 0.4) is 0 Å². The van der Waals surface area contributed by atoms with Gasteiger partial charge in [-0.15, -0.1) is 0 Å². The Morgan fingerprint density at radius 3 is 2.21 bits per heavy atom. The second-order valence-electron chi connectivity index (χ2n) is 11.2. The minimum Gasteiger partial charge on any atom is -0.444 e. The van der Waals surface area contributed by atoms with Crippen LogP contribution in [0.5, 0.6) is 0 Å². The molecule has 0 aromatic rings. The third-order valence-electron chi connectivity index (χ3n) is 7.86. The number of nitrogens with one attached hydrogen (secondary N) is 1. The molecule has 2 unspecified atom stereocenters. The summed E-state index contributed by atoms with van der Waals surface area (Å²) >= 11 is 0. The van der Waals surface area contributed by atoms with Crippen molar-refractivity contribution in [2.24, 2.45) is 11.3 Å². The van der Waals surface area contributed by atoms with Gasteiger partial charge in [0.25, 0.3) is 0 Å². The van der Waals surface area contributed by atoms with Crippen LogP contribution >= 0.6 is 0 Å². The number of piperidine rings is 2. The van der Waals surface area contributed by atoms with E-state index in [-0.39, 0.29) is 12.0 Å². The van der Waals surface area contributed by atoms with E-state index in [1.807, 2.05) is 25.7 Å². The SMILES string of the molecule is CN1C2CCC1CC(NC(=O)CC1CC3(CCN(C(=O)OC(C)(C)C)CC3)C1)C2. The Kier molecular flexibility index (Phi) is 5.60. The largest absolute Gasteiger partial charge is 0.444 e. The standard InChI is InChI=1S/C23H39N3O3/c1-22(2,3)29-21(28)26-9-7-23(8-10-26)14-16(15-23)11-20(27)24-17-12-18-5-6-19(13-17)25(18)4/h16-19H,5-15H2,1-4H3,(H,24,27). The first-order chi connectivity index (χ1) is 13.6. The number of rotatable bonds is 3. The molecule has 0 aromatic heterocycles. The summed E-state index contributed by atoms with van der Waals surface area (Å²) in [5.74, 6) is 0.774. The lowest BCUT2D eigenvalue weighted by Gasteiger charge is -2.52. The highest BCUT2D eigenvalue weighted by molar-refractivity contribution is 5.76. The van der Waals surface area contributed by atoms with Crippen LogP contribution in [0.25, 0.3) is 0 Å². The van der Waals surface area contributed by atoms with Gasteiger partial charge >= 0.3 is 6.09 Å². The summed E-state index contributed by atoms with van der Waals surface area (Å²) in [4.78, 5) is 29.2. The maximum absolute atomic E-state index is 12.6. The fourth-order valence-electron chi connectivity index (χ4n) is 6.29. The third kappa shape index (κ3) is 4.73. The monoisotopic (exact) mass is 405 g/mol. The molecule has 3 aliphatic heterocycles. The molecule has 2 amide bonds. The van der Waals surface area contributed by atoms with Crippen LogP contribution in [0, 0.1) is 11.3 Å². The Balaban J connectivity index is 1.16. The van der Waals surface area contributed by atoms with Gasteiger partial charge in [-0.1, -0.05) is 0 Å². The summed E-state index contributed by atoms with van der Waals surface area (Å²) in [6.07, 6.45) is 9.68. The topological polar surface area (TPSA) is 61.9 Å². The smallest absolute Gasteiger partial charge is 0.410 e. The quantitative estimate of drug-likeness (QED) is 0.780. The number of carbonyl (C=O) groups is 2. The number of fused-ring (bicyclic) bond motifs is 2. The van der Waals surface area contributed by atoms with Crippen molar-refractivity contribution in [3.05, 3.63) is 0 Å². The second-order valence-corrected chi connectivity index (χ2v) is 11.2. The molecule has 6 nitrogen and oxygen atoms in total. The van der Waals surface area contributed by atoms with Crippen molar-refractivity contribution < 1.29 is 14.3 Å². The average Bonchev–Trinajstić information content (AvgIpc) is 2.81. The Bertz CT molecular complexity index is 614. The van der Waals surface area contributed by atoms with Crippen LogP contribution in [0.4, 0.5) is 4.79 Å². The van der Waals surface area contributed by atoms with Gasteiger partial charge in [-0.3, -0.25) is 4.79 Å². The minimum absolute atomic E-state index is 0.185. The van der Waals surface area contributed by atoms with Crippen molar-refractivity contribution in [2.75, 3.05) is 20.1 Å². The van der Waals surface area contributed by atoms with Crippen molar-refractivity contribution in [1.82, 2.24) is 15.1 Å². The Morgan fingerprint density at radius 2 is 1.66 bits per heavy atom. The van der Waals surface area contributed by atoms with Gasteiger partial charge in [0, 0.05) is 37.6 Å². The highest BCUT2D eigenvalue weighted by atomic mass is 16.6. The van der Waals surface area contributed by atoms with E-state index < -0.39 is 5.60 Å². The molecule has 6 heteroatoms. The molecule has 4 rings (SSSR count). The van der Waals surface area contributed by atoms with Gasteiger partial charge in [0.05, 0.1) is 0 Å². The van der Waals surface area contributed by atoms with E-state index >= 15 is 0 Å². The van der Waals surface area contributed by atoms with Crippen LogP contribution in [-0.4, -0.2) is 65.7 Å². The summed E-state index contributed by atoms with van der Waals surface area (Å²) in [5.41, 5.74) is -0.0788. The van der Waals surface area contributed by atoms with Gasteiger partial charge in [0.1, 0.15) is 5.60 Å². The lowest BCUT2D eigenvalue weighted by Crippen LogP contribution is -2.51. The van der Waals surface area contributed by atoms with Crippen LogP contribution in [0.15, 0.2) is 0 Å². The minimum atomic E-state index is -0.436. The predicted molar refractivity (Wildman–Crippen MR) is 113 cm³/mol. The molecule has 4 aliphatic rings. The molecule has 0 radical (unpaired) electrons. The van der Waals surface area contributed by atoms with Gasteiger partial charge in [-0.05, 0) is 90.5 Å². The van der Waals surface area contributed by atoms with Crippen molar-refractivity contribution in [1.29, 1.82) is 0 Å². The number of amides is 2. The van der Waals surface area contributed by atoms with Crippen LogP contribution in [-0.2, 0) is 9.53 Å². The Hall–Kier alpha value is -1.30. The lowest BCUT2D eigenvalue weighted by atomic mass is 9.57. The maximum atomic E-state index is 12.6. The van der Waals surface area contributed by atoms with Crippen molar-refractivity contribution in [3.63, 3.8) is 0 Å². The van der Waals surface area contributed by atoms with E-state index in [1.54, 1.807) is 0 Å². The molecule has 29 heavy (non-hydrogen) atoms. The number of ether oxygens (including phenoxy) is 1. The first kappa shape index (κ1) is 21.0. The van der Waals surface area contributed by atoms with Crippen molar-refractivity contribution in [2.45, 2.75) is 102 Å². The van der Waals surface area contributed by atoms with Gasteiger partial charge < -0.3 is 19.9 Å². The summed E-state index contributed by atoms with van der Waals surface area (Å²) in [7, 11) is 2.24. The molecular formula is C23H39N3O3. The van der Waals surface area contributed by atoms with E-state index in [4.69, 9.17) is 4.74 Å².